The van der Waals surface area contributed by atoms with Crippen LogP contribution < -0.4 is 4.74 Å². The Balaban J connectivity index is 2.08. The first-order valence-corrected chi connectivity index (χ1v) is 7.68. The Morgan fingerprint density at radius 1 is 1.29 bits per heavy atom. The number of amides is 1. The molecule has 4 heteroatoms. The summed E-state index contributed by atoms with van der Waals surface area (Å²) in [6.45, 7) is 5.85. The zero-order valence-corrected chi connectivity index (χ0v) is 13.1. The van der Waals surface area contributed by atoms with Crippen LogP contribution in [0.5, 0.6) is 5.75 Å². The van der Waals surface area contributed by atoms with Gasteiger partial charge in [-0.15, -0.1) is 0 Å². The molecule has 0 atom stereocenters. The molecule has 1 aromatic carbocycles. The number of hydrogen-bond acceptors (Lipinski definition) is 2. The van der Waals surface area contributed by atoms with Gasteiger partial charge in [-0.1, -0.05) is 26.7 Å². The van der Waals surface area contributed by atoms with Gasteiger partial charge in [0.25, 0.3) is 5.91 Å². The van der Waals surface area contributed by atoms with Crippen molar-refractivity contribution in [1.82, 2.24) is 4.90 Å². The number of likely N-dealkylation sites (tertiary alicyclic amines) is 1. The normalized spacial score (nSPS) is 17.6. The minimum atomic E-state index is -0.512. The predicted molar refractivity (Wildman–Crippen MR) is 81.1 cm³/mol. The van der Waals surface area contributed by atoms with Crippen molar-refractivity contribution >= 4 is 5.91 Å². The third-order valence-corrected chi connectivity index (χ3v) is 5.02. The minimum absolute atomic E-state index is 0.135. The van der Waals surface area contributed by atoms with Crippen molar-refractivity contribution in [3.8, 4) is 5.75 Å². The molecule has 0 saturated carbocycles. The lowest BCUT2D eigenvalue weighted by Gasteiger charge is -2.41. The van der Waals surface area contributed by atoms with E-state index in [1.54, 1.807) is 11.0 Å². The molecule has 1 fully saturated rings. The van der Waals surface area contributed by atoms with Crippen molar-refractivity contribution in [2.75, 3.05) is 20.2 Å². The number of methoxy groups -OCH3 is 1. The summed E-state index contributed by atoms with van der Waals surface area (Å²) in [4.78, 5) is 14.2. The Bertz CT molecular complexity index is 502. The zero-order valence-electron chi connectivity index (χ0n) is 13.1. The predicted octanol–water partition coefficient (Wildman–Crippen LogP) is 3.88. The molecule has 1 aliphatic rings. The van der Waals surface area contributed by atoms with Crippen LogP contribution in [0.25, 0.3) is 0 Å². The molecule has 1 aromatic rings. The van der Waals surface area contributed by atoms with Crippen LogP contribution in [-0.2, 0) is 0 Å². The maximum Gasteiger partial charge on any atom is 0.256 e. The third kappa shape index (κ3) is 3.20. The molecule has 0 N–H and O–H groups in total. The van der Waals surface area contributed by atoms with Gasteiger partial charge >= 0.3 is 0 Å². The van der Waals surface area contributed by atoms with E-state index < -0.39 is 5.82 Å². The Hall–Kier alpha value is -1.58. The van der Waals surface area contributed by atoms with E-state index in [9.17, 15) is 9.18 Å². The average molecular weight is 293 g/mol. The number of ether oxygens (including phenoxy) is 1. The maximum absolute atomic E-state index is 14.0. The second kappa shape index (κ2) is 6.46. The van der Waals surface area contributed by atoms with Crippen LogP contribution >= 0.6 is 0 Å². The lowest BCUT2D eigenvalue weighted by molar-refractivity contribution is 0.0553. The Kier molecular flexibility index (Phi) is 4.86. The van der Waals surface area contributed by atoms with Crippen LogP contribution in [0.1, 0.15) is 49.9 Å². The molecule has 1 heterocycles. The molecular weight excluding hydrogens is 269 g/mol. The van der Waals surface area contributed by atoms with E-state index >= 15 is 0 Å². The monoisotopic (exact) mass is 293 g/mol. The summed E-state index contributed by atoms with van der Waals surface area (Å²) < 4.78 is 19.0. The van der Waals surface area contributed by atoms with E-state index in [0.29, 0.717) is 24.3 Å². The molecule has 2 rings (SSSR count). The molecule has 1 saturated heterocycles. The lowest BCUT2D eigenvalue weighted by atomic mass is 9.74. The number of hydrogen-bond donors (Lipinski definition) is 0. The highest BCUT2D eigenvalue weighted by Crippen LogP contribution is 2.38. The highest BCUT2D eigenvalue weighted by Gasteiger charge is 2.33. The van der Waals surface area contributed by atoms with Gasteiger partial charge in [0.1, 0.15) is 11.6 Å². The first-order chi connectivity index (χ1) is 10.0. The number of nitrogens with zero attached hydrogens (tertiary/aromatic N) is 1. The van der Waals surface area contributed by atoms with E-state index in [-0.39, 0.29) is 11.5 Å². The van der Waals surface area contributed by atoms with Gasteiger partial charge in [0.15, 0.2) is 0 Å². The SMILES string of the molecule is CCC1(CC)CCN(C(=O)c2ccc(OC)cc2F)CC1. The van der Waals surface area contributed by atoms with Crippen molar-refractivity contribution in [3.05, 3.63) is 29.6 Å². The number of rotatable bonds is 4. The van der Waals surface area contributed by atoms with Crippen LogP contribution in [0.15, 0.2) is 18.2 Å². The van der Waals surface area contributed by atoms with E-state index in [4.69, 9.17) is 4.74 Å². The molecule has 1 amide bonds. The fourth-order valence-corrected chi connectivity index (χ4v) is 3.11. The summed E-state index contributed by atoms with van der Waals surface area (Å²) in [6, 6.07) is 4.40. The highest BCUT2D eigenvalue weighted by molar-refractivity contribution is 5.94. The minimum Gasteiger partial charge on any atom is -0.497 e. The molecule has 1 aliphatic heterocycles. The van der Waals surface area contributed by atoms with Crippen LogP contribution in [0.4, 0.5) is 4.39 Å². The second-order valence-electron chi connectivity index (χ2n) is 5.85. The van der Waals surface area contributed by atoms with E-state index in [1.165, 1.54) is 19.2 Å². The van der Waals surface area contributed by atoms with Crippen molar-refractivity contribution in [2.24, 2.45) is 5.41 Å². The van der Waals surface area contributed by atoms with Gasteiger partial charge < -0.3 is 9.64 Å². The number of piperidine rings is 1. The average Bonchev–Trinajstić information content (AvgIpc) is 2.54. The standard InChI is InChI=1S/C17H24FNO2/c1-4-17(5-2)8-10-19(11-9-17)16(20)14-7-6-13(21-3)12-15(14)18/h6-7,12H,4-5,8-11H2,1-3H3. The number of benzene rings is 1. The zero-order chi connectivity index (χ0) is 15.5. The molecular formula is C17H24FNO2. The van der Waals surface area contributed by atoms with Crippen molar-refractivity contribution in [1.29, 1.82) is 0 Å². The van der Waals surface area contributed by atoms with E-state index in [1.807, 2.05) is 0 Å². The highest BCUT2D eigenvalue weighted by atomic mass is 19.1. The molecule has 0 unspecified atom stereocenters. The molecule has 0 radical (unpaired) electrons. The molecule has 0 bridgehead atoms. The van der Waals surface area contributed by atoms with Crippen LogP contribution in [0.3, 0.4) is 0 Å². The summed E-state index contributed by atoms with van der Waals surface area (Å²) in [5, 5.41) is 0. The first-order valence-electron chi connectivity index (χ1n) is 7.68. The Morgan fingerprint density at radius 3 is 2.38 bits per heavy atom. The van der Waals surface area contributed by atoms with E-state index in [0.717, 1.165) is 25.7 Å². The maximum atomic E-state index is 14.0. The van der Waals surface area contributed by atoms with Crippen LogP contribution in [-0.4, -0.2) is 31.0 Å². The van der Waals surface area contributed by atoms with Gasteiger partial charge in [0.05, 0.1) is 12.7 Å². The second-order valence-corrected chi connectivity index (χ2v) is 5.85. The summed E-state index contributed by atoms with van der Waals surface area (Å²) >= 11 is 0. The van der Waals surface area contributed by atoms with Gasteiger partial charge in [0.2, 0.25) is 0 Å². The van der Waals surface area contributed by atoms with Gasteiger partial charge in [0, 0.05) is 19.2 Å². The summed E-state index contributed by atoms with van der Waals surface area (Å²) in [5.41, 5.74) is 0.492. The fraction of sp³-hybridized carbons (Fsp3) is 0.588. The first kappa shape index (κ1) is 15.8. The summed E-state index contributed by atoms with van der Waals surface area (Å²) in [6.07, 6.45) is 4.29. The number of halogens is 1. The molecule has 3 nitrogen and oxygen atoms in total. The molecule has 21 heavy (non-hydrogen) atoms. The molecule has 0 spiro atoms. The Morgan fingerprint density at radius 2 is 1.90 bits per heavy atom. The number of carbonyl (C=O) groups is 1. The quantitative estimate of drug-likeness (QED) is 0.843. The van der Waals surface area contributed by atoms with Gasteiger partial charge in [-0.25, -0.2) is 4.39 Å². The topological polar surface area (TPSA) is 29.5 Å². The summed E-state index contributed by atoms with van der Waals surface area (Å²) in [5.74, 6) is -0.295. The van der Waals surface area contributed by atoms with Crippen molar-refractivity contribution in [3.63, 3.8) is 0 Å². The lowest BCUT2D eigenvalue weighted by Crippen LogP contribution is -2.43. The Labute approximate surface area is 126 Å². The van der Waals surface area contributed by atoms with Gasteiger partial charge in [-0.3, -0.25) is 4.79 Å². The van der Waals surface area contributed by atoms with Gasteiger partial charge in [-0.2, -0.15) is 0 Å². The molecule has 116 valence electrons. The van der Waals surface area contributed by atoms with Crippen LogP contribution in [0.2, 0.25) is 0 Å². The van der Waals surface area contributed by atoms with Crippen molar-refractivity contribution in [2.45, 2.75) is 39.5 Å². The van der Waals surface area contributed by atoms with Gasteiger partial charge in [-0.05, 0) is 30.4 Å². The fourth-order valence-electron chi connectivity index (χ4n) is 3.11. The van der Waals surface area contributed by atoms with Crippen molar-refractivity contribution < 1.29 is 13.9 Å². The van der Waals surface area contributed by atoms with Crippen LogP contribution in [0, 0.1) is 11.2 Å². The smallest absolute Gasteiger partial charge is 0.256 e. The number of carbonyl (C=O) groups excluding carboxylic acids is 1. The third-order valence-electron chi connectivity index (χ3n) is 5.02. The largest absolute Gasteiger partial charge is 0.497 e. The van der Waals surface area contributed by atoms with E-state index in [2.05, 4.69) is 13.8 Å². The molecule has 0 aromatic heterocycles. The summed E-state index contributed by atoms with van der Waals surface area (Å²) in [7, 11) is 1.48. The molecule has 0 aliphatic carbocycles.